The topological polar surface area (TPSA) is 73.0 Å². The quantitative estimate of drug-likeness (QED) is 0.522. The van der Waals surface area contributed by atoms with E-state index in [1.165, 1.54) is 0 Å². The molecule has 1 rings (SSSR count). The lowest BCUT2D eigenvalue weighted by Gasteiger charge is -2.18. The highest BCUT2D eigenvalue weighted by atomic mass is 16.6. The molecule has 21 heavy (non-hydrogen) atoms. The fraction of sp³-hybridized carbons (Fsp3) is 0.800. The van der Waals surface area contributed by atoms with Gasteiger partial charge in [0.1, 0.15) is 5.69 Å². The lowest BCUT2D eigenvalue weighted by atomic mass is 10.1. The Balaban J connectivity index is 3.00. The molecular formula is C15H28N4O2. The number of unbranched alkanes of at least 4 members (excludes halogenated alkanes) is 1. The molecule has 0 amide bonds. The maximum absolute atomic E-state index is 11.4. The Morgan fingerprint density at radius 1 is 1.24 bits per heavy atom. The molecule has 0 aliphatic carbocycles. The number of aromatic nitrogens is 2. The molecular weight excluding hydrogens is 268 g/mol. The van der Waals surface area contributed by atoms with Crippen molar-refractivity contribution in [3.63, 3.8) is 0 Å². The van der Waals surface area contributed by atoms with Crippen molar-refractivity contribution in [1.29, 1.82) is 0 Å². The van der Waals surface area contributed by atoms with E-state index in [2.05, 4.69) is 24.3 Å². The number of aryl methyl sites for hydroxylation is 2. The molecule has 0 fully saturated rings. The highest BCUT2D eigenvalue weighted by molar-refractivity contribution is 5.60. The predicted molar refractivity (Wildman–Crippen MR) is 85.7 cm³/mol. The molecule has 1 heterocycles. The summed E-state index contributed by atoms with van der Waals surface area (Å²) in [5.74, 6) is 0.554. The number of anilines is 1. The van der Waals surface area contributed by atoms with Gasteiger partial charge in [-0.2, -0.15) is 5.10 Å². The first-order valence-electron chi connectivity index (χ1n) is 8.01. The molecule has 6 nitrogen and oxygen atoms in total. The van der Waals surface area contributed by atoms with Gasteiger partial charge in [0, 0.05) is 13.1 Å². The zero-order valence-electron chi connectivity index (χ0n) is 13.7. The van der Waals surface area contributed by atoms with Crippen LogP contribution in [0, 0.1) is 10.1 Å². The lowest BCUT2D eigenvalue weighted by Crippen LogP contribution is -2.21. The first kappa shape index (κ1) is 17.5. The summed E-state index contributed by atoms with van der Waals surface area (Å²) in [6, 6.07) is 0.276. The van der Waals surface area contributed by atoms with Gasteiger partial charge < -0.3 is 5.32 Å². The Labute approximate surface area is 127 Å². The smallest absolute Gasteiger partial charge is 0.333 e. The van der Waals surface area contributed by atoms with Crippen molar-refractivity contribution in [3.8, 4) is 0 Å². The van der Waals surface area contributed by atoms with E-state index in [1.54, 1.807) is 11.7 Å². The molecule has 1 atom stereocenters. The molecule has 1 unspecified atom stereocenters. The van der Waals surface area contributed by atoms with Crippen LogP contribution in [0.1, 0.15) is 65.0 Å². The first-order chi connectivity index (χ1) is 10.0. The molecule has 0 bridgehead atoms. The second-order valence-electron chi connectivity index (χ2n) is 5.55. The zero-order chi connectivity index (χ0) is 15.8. The van der Waals surface area contributed by atoms with E-state index in [-0.39, 0.29) is 16.7 Å². The highest BCUT2D eigenvalue weighted by Crippen LogP contribution is 2.30. The second-order valence-corrected chi connectivity index (χ2v) is 5.55. The molecule has 0 aliphatic rings. The summed E-state index contributed by atoms with van der Waals surface area (Å²) >= 11 is 0. The van der Waals surface area contributed by atoms with Crippen molar-refractivity contribution in [1.82, 2.24) is 9.78 Å². The average molecular weight is 296 g/mol. The number of rotatable bonds is 10. The minimum Gasteiger partial charge on any atom is -0.362 e. The highest BCUT2D eigenvalue weighted by Gasteiger charge is 2.27. The molecule has 1 N–H and O–H groups in total. The third kappa shape index (κ3) is 4.72. The Kier molecular flexibility index (Phi) is 7.19. The van der Waals surface area contributed by atoms with E-state index < -0.39 is 0 Å². The van der Waals surface area contributed by atoms with E-state index in [0.29, 0.717) is 17.9 Å². The predicted octanol–water partition coefficient (Wildman–Crippen LogP) is 4.05. The number of nitrogens with one attached hydrogen (secondary N) is 1. The van der Waals surface area contributed by atoms with Crippen molar-refractivity contribution < 1.29 is 4.92 Å². The van der Waals surface area contributed by atoms with Crippen LogP contribution >= 0.6 is 0 Å². The maximum Gasteiger partial charge on any atom is 0.333 e. The number of hydrogen-bond donors (Lipinski definition) is 1. The Morgan fingerprint density at radius 2 is 1.95 bits per heavy atom. The molecule has 0 aromatic carbocycles. The monoisotopic (exact) mass is 296 g/mol. The van der Waals surface area contributed by atoms with Crippen LogP contribution in [0.2, 0.25) is 0 Å². The molecule has 1 aromatic rings. The average Bonchev–Trinajstić information content (AvgIpc) is 2.73. The summed E-state index contributed by atoms with van der Waals surface area (Å²) in [7, 11) is 1.78. The second kappa shape index (κ2) is 8.64. The van der Waals surface area contributed by atoms with Crippen molar-refractivity contribution in [3.05, 3.63) is 15.8 Å². The summed E-state index contributed by atoms with van der Waals surface area (Å²) < 4.78 is 1.62. The number of nitrogens with zero attached hydrogens (tertiary/aromatic N) is 3. The fourth-order valence-corrected chi connectivity index (χ4v) is 2.61. The van der Waals surface area contributed by atoms with Gasteiger partial charge in [0.15, 0.2) is 0 Å². The van der Waals surface area contributed by atoms with E-state index in [4.69, 9.17) is 0 Å². The van der Waals surface area contributed by atoms with E-state index in [1.807, 2.05) is 6.92 Å². The van der Waals surface area contributed by atoms with E-state index in [9.17, 15) is 10.1 Å². The van der Waals surface area contributed by atoms with Crippen LogP contribution in [0.3, 0.4) is 0 Å². The van der Waals surface area contributed by atoms with Gasteiger partial charge >= 0.3 is 5.69 Å². The van der Waals surface area contributed by atoms with Gasteiger partial charge in [-0.25, -0.2) is 4.68 Å². The van der Waals surface area contributed by atoms with E-state index >= 15 is 0 Å². The molecule has 0 radical (unpaired) electrons. The van der Waals surface area contributed by atoms with Gasteiger partial charge in [-0.15, -0.1) is 0 Å². The van der Waals surface area contributed by atoms with Gasteiger partial charge in [-0.3, -0.25) is 10.1 Å². The molecule has 0 saturated heterocycles. The number of hydrogen-bond acceptors (Lipinski definition) is 4. The standard InChI is InChI=1S/C15H28N4O2/c1-5-8-11-12(9-6-2)16-15-14(19(20)21)13(10-7-3)17-18(15)4/h12,16H,5-11H2,1-4H3. The Hall–Kier alpha value is -1.59. The fourth-order valence-electron chi connectivity index (χ4n) is 2.61. The van der Waals surface area contributed by atoms with Crippen LogP contribution in [-0.2, 0) is 13.5 Å². The van der Waals surface area contributed by atoms with Crippen LogP contribution < -0.4 is 5.32 Å². The van der Waals surface area contributed by atoms with Crippen LogP contribution in [0.5, 0.6) is 0 Å². The first-order valence-corrected chi connectivity index (χ1v) is 8.01. The van der Waals surface area contributed by atoms with Gasteiger partial charge in [0.05, 0.1) is 4.92 Å². The normalized spacial score (nSPS) is 12.4. The minimum absolute atomic E-state index is 0.150. The maximum atomic E-state index is 11.4. The van der Waals surface area contributed by atoms with Crippen LogP contribution in [0.4, 0.5) is 11.5 Å². The van der Waals surface area contributed by atoms with Gasteiger partial charge in [-0.1, -0.05) is 46.5 Å². The Bertz CT molecular complexity index is 457. The SMILES string of the molecule is CCCCC(CCC)Nc1c([N+](=O)[O-])c(CCC)nn1C. The molecule has 0 aliphatic heterocycles. The summed E-state index contributed by atoms with van der Waals surface area (Å²) in [6.07, 6.45) is 6.88. The Morgan fingerprint density at radius 3 is 2.48 bits per heavy atom. The molecule has 6 heteroatoms. The van der Waals surface area contributed by atoms with Crippen LogP contribution in [0.25, 0.3) is 0 Å². The zero-order valence-corrected chi connectivity index (χ0v) is 13.7. The van der Waals surface area contributed by atoms with Gasteiger partial charge in [0.2, 0.25) is 5.82 Å². The molecule has 120 valence electrons. The summed E-state index contributed by atoms with van der Waals surface area (Å²) in [5.41, 5.74) is 0.732. The number of nitro groups is 1. The molecule has 0 spiro atoms. The van der Waals surface area contributed by atoms with Gasteiger partial charge in [-0.05, 0) is 19.3 Å². The van der Waals surface area contributed by atoms with E-state index in [0.717, 1.165) is 38.5 Å². The minimum atomic E-state index is -0.302. The molecule has 1 aromatic heterocycles. The van der Waals surface area contributed by atoms with Crippen molar-refractivity contribution in [2.45, 2.75) is 71.8 Å². The third-order valence-corrected chi connectivity index (χ3v) is 3.65. The summed E-state index contributed by atoms with van der Waals surface area (Å²) in [6.45, 7) is 6.31. The largest absolute Gasteiger partial charge is 0.362 e. The third-order valence-electron chi connectivity index (χ3n) is 3.65. The molecule has 0 saturated carbocycles. The van der Waals surface area contributed by atoms with Crippen LogP contribution in [-0.4, -0.2) is 20.7 Å². The summed E-state index contributed by atoms with van der Waals surface area (Å²) in [4.78, 5) is 11.1. The summed E-state index contributed by atoms with van der Waals surface area (Å²) in [5, 5.41) is 19.1. The van der Waals surface area contributed by atoms with Gasteiger partial charge in [0.25, 0.3) is 0 Å². The lowest BCUT2D eigenvalue weighted by molar-refractivity contribution is -0.384. The van der Waals surface area contributed by atoms with Crippen molar-refractivity contribution >= 4 is 11.5 Å². The van der Waals surface area contributed by atoms with Crippen molar-refractivity contribution in [2.75, 3.05) is 5.32 Å². The van der Waals surface area contributed by atoms with Crippen molar-refractivity contribution in [2.24, 2.45) is 7.05 Å². The van der Waals surface area contributed by atoms with Crippen LogP contribution in [0.15, 0.2) is 0 Å².